The molecule has 0 heterocycles. The first-order chi connectivity index (χ1) is 13.5. The van der Waals surface area contributed by atoms with E-state index < -0.39 is 0 Å². The van der Waals surface area contributed by atoms with E-state index in [1.807, 2.05) is 31.0 Å². The van der Waals surface area contributed by atoms with Gasteiger partial charge in [0.2, 0.25) is 5.91 Å². The smallest absolute Gasteiger partial charge is 0.234 e. The number of fused-ring (bicyclic) bond motifs is 1. The molecule has 0 aromatic heterocycles. The van der Waals surface area contributed by atoms with Crippen LogP contribution in [0.4, 0.5) is 0 Å². The number of hydrogen-bond donors (Lipinski definition) is 1. The van der Waals surface area contributed by atoms with Crippen molar-refractivity contribution in [2.45, 2.75) is 38.8 Å². The van der Waals surface area contributed by atoms with Crippen molar-refractivity contribution in [1.82, 2.24) is 10.2 Å². The molecule has 5 heteroatoms. The fourth-order valence-corrected chi connectivity index (χ4v) is 3.93. The van der Waals surface area contributed by atoms with Crippen molar-refractivity contribution < 1.29 is 14.3 Å². The Morgan fingerprint density at radius 3 is 2.64 bits per heavy atom. The highest BCUT2D eigenvalue weighted by Gasteiger charge is 2.22. The molecule has 0 unspecified atom stereocenters. The van der Waals surface area contributed by atoms with Crippen molar-refractivity contribution in [3.63, 3.8) is 0 Å². The van der Waals surface area contributed by atoms with Crippen molar-refractivity contribution in [1.29, 1.82) is 0 Å². The Morgan fingerprint density at radius 1 is 1.18 bits per heavy atom. The van der Waals surface area contributed by atoms with E-state index in [0.717, 1.165) is 36.1 Å². The lowest BCUT2D eigenvalue weighted by Gasteiger charge is -2.27. The first kappa shape index (κ1) is 20.2. The Hall–Kier alpha value is -2.53. The summed E-state index contributed by atoms with van der Waals surface area (Å²) in [6.45, 7) is 3.07. The second-order valence-corrected chi connectivity index (χ2v) is 7.52. The number of aryl methyl sites for hydroxylation is 2. The molecule has 3 rings (SSSR count). The maximum Gasteiger partial charge on any atom is 0.234 e. The number of likely N-dealkylation sites (N-methyl/N-ethyl adjacent to an activating group) is 1. The number of amides is 1. The monoisotopic (exact) mass is 382 g/mol. The molecule has 1 N–H and O–H groups in total. The largest absolute Gasteiger partial charge is 0.493 e. The number of benzene rings is 2. The fraction of sp³-hybridized carbons (Fsp3) is 0.435. The van der Waals surface area contributed by atoms with Gasteiger partial charge in [-0.05, 0) is 67.6 Å². The maximum atomic E-state index is 12.6. The SMILES string of the molecule is COc1cc(C)c(CN(C)CC(=O)N[C@H]2CCCc3ccccc32)cc1OC. The molecule has 2 aromatic carbocycles. The lowest BCUT2D eigenvalue weighted by Crippen LogP contribution is -2.38. The van der Waals surface area contributed by atoms with Crippen LogP contribution in [-0.2, 0) is 17.8 Å². The van der Waals surface area contributed by atoms with Crippen molar-refractivity contribution in [3.8, 4) is 11.5 Å². The second kappa shape index (κ2) is 9.11. The number of hydrogen-bond acceptors (Lipinski definition) is 4. The molecule has 0 fully saturated rings. The van der Waals surface area contributed by atoms with Gasteiger partial charge in [-0.15, -0.1) is 0 Å². The van der Waals surface area contributed by atoms with Crippen LogP contribution < -0.4 is 14.8 Å². The third-order valence-corrected chi connectivity index (χ3v) is 5.40. The summed E-state index contributed by atoms with van der Waals surface area (Å²) < 4.78 is 10.8. The Bertz CT molecular complexity index is 835. The molecule has 1 atom stereocenters. The van der Waals surface area contributed by atoms with E-state index in [-0.39, 0.29) is 11.9 Å². The van der Waals surface area contributed by atoms with Crippen molar-refractivity contribution >= 4 is 5.91 Å². The van der Waals surface area contributed by atoms with E-state index >= 15 is 0 Å². The predicted molar refractivity (Wildman–Crippen MR) is 111 cm³/mol. The van der Waals surface area contributed by atoms with Gasteiger partial charge in [-0.2, -0.15) is 0 Å². The first-order valence-corrected chi connectivity index (χ1v) is 9.79. The van der Waals surface area contributed by atoms with Crippen LogP contribution in [-0.4, -0.2) is 38.6 Å². The first-order valence-electron chi connectivity index (χ1n) is 9.79. The molecule has 2 aromatic rings. The average Bonchev–Trinajstić information content (AvgIpc) is 2.69. The van der Waals surface area contributed by atoms with E-state index in [0.29, 0.717) is 18.8 Å². The van der Waals surface area contributed by atoms with Crippen LogP contribution in [0.3, 0.4) is 0 Å². The number of carbonyl (C=O) groups excluding carboxylic acids is 1. The van der Waals surface area contributed by atoms with Crippen LogP contribution in [0.5, 0.6) is 11.5 Å². The molecular weight excluding hydrogens is 352 g/mol. The van der Waals surface area contributed by atoms with Crippen LogP contribution in [0.1, 0.15) is 41.1 Å². The van der Waals surface area contributed by atoms with Crippen LogP contribution >= 0.6 is 0 Å². The zero-order valence-electron chi connectivity index (χ0n) is 17.2. The van der Waals surface area contributed by atoms with Crippen molar-refractivity contribution in [2.24, 2.45) is 0 Å². The van der Waals surface area contributed by atoms with E-state index in [9.17, 15) is 4.79 Å². The van der Waals surface area contributed by atoms with E-state index in [2.05, 4.69) is 29.6 Å². The summed E-state index contributed by atoms with van der Waals surface area (Å²) in [4.78, 5) is 14.7. The summed E-state index contributed by atoms with van der Waals surface area (Å²) in [5.74, 6) is 1.49. The zero-order chi connectivity index (χ0) is 20.1. The third kappa shape index (κ3) is 4.65. The average molecular weight is 383 g/mol. The fourth-order valence-electron chi connectivity index (χ4n) is 3.93. The van der Waals surface area contributed by atoms with Crippen molar-refractivity contribution in [2.75, 3.05) is 27.8 Å². The van der Waals surface area contributed by atoms with Gasteiger partial charge in [0.05, 0.1) is 26.8 Å². The van der Waals surface area contributed by atoms with Crippen LogP contribution in [0.15, 0.2) is 36.4 Å². The Balaban J connectivity index is 1.61. The molecule has 0 aliphatic heterocycles. The molecule has 1 aliphatic rings. The van der Waals surface area contributed by atoms with Gasteiger partial charge in [0, 0.05) is 6.54 Å². The third-order valence-electron chi connectivity index (χ3n) is 5.40. The van der Waals surface area contributed by atoms with Gasteiger partial charge in [-0.3, -0.25) is 9.69 Å². The van der Waals surface area contributed by atoms with Crippen LogP contribution in [0, 0.1) is 6.92 Å². The maximum absolute atomic E-state index is 12.6. The summed E-state index contributed by atoms with van der Waals surface area (Å²) in [6, 6.07) is 12.5. The molecule has 0 radical (unpaired) electrons. The molecule has 0 saturated heterocycles. The summed E-state index contributed by atoms with van der Waals surface area (Å²) in [6.07, 6.45) is 3.21. The predicted octanol–water partition coefficient (Wildman–Crippen LogP) is 3.64. The van der Waals surface area contributed by atoms with Crippen molar-refractivity contribution in [3.05, 3.63) is 58.7 Å². The normalized spacial score (nSPS) is 15.8. The molecular formula is C23H30N2O3. The number of nitrogens with one attached hydrogen (secondary N) is 1. The molecule has 0 bridgehead atoms. The summed E-state index contributed by atoms with van der Waals surface area (Å²) in [5.41, 5.74) is 4.86. The van der Waals surface area contributed by atoms with E-state index in [1.165, 1.54) is 11.1 Å². The highest BCUT2D eigenvalue weighted by molar-refractivity contribution is 5.78. The van der Waals surface area contributed by atoms with Gasteiger partial charge in [0.25, 0.3) is 0 Å². The Morgan fingerprint density at radius 2 is 1.89 bits per heavy atom. The molecule has 150 valence electrons. The van der Waals surface area contributed by atoms with Gasteiger partial charge < -0.3 is 14.8 Å². The minimum absolute atomic E-state index is 0.0577. The number of methoxy groups -OCH3 is 2. The van der Waals surface area contributed by atoms with Gasteiger partial charge in [0.15, 0.2) is 11.5 Å². The van der Waals surface area contributed by atoms with E-state index in [1.54, 1.807) is 14.2 Å². The summed E-state index contributed by atoms with van der Waals surface area (Å²) in [7, 11) is 5.23. The number of carbonyl (C=O) groups is 1. The molecule has 1 aliphatic carbocycles. The van der Waals surface area contributed by atoms with Gasteiger partial charge in [-0.25, -0.2) is 0 Å². The number of rotatable bonds is 7. The minimum atomic E-state index is 0.0577. The molecule has 28 heavy (non-hydrogen) atoms. The minimum Gasteiger partial charge on any atom is -0.493 e. The summed E-state index contributed by atoms with van der Waals surface area (Å²) >= 11 is 0. The van der Waals surface area contributed by atoms with Gasteiger partial charge >= 0.3 is 0 Å². The Kier molecular flexibility index (Phi) is 6.57. The second-order valence-electron chi connectivity index (χ2n) is 7.52. The quantitative estimate of drug-likeness (QED) is 0.794. The topological polar surface area (TPSA) is 50.8 Å². The van der Waals surface area contributed by atoms with Crippen LogP contribution in [0.25, 0.3) is 0 Å². The highest BCUT2D eigenvalue weighted by Crippen LogP contribution is 2.31. The Labute approximate surface area is 167 Å². The lowest BCUT2D eigenvalue weighted by atomic mass is 9.88. The molecule has 0 spiro atoms. The zero-order valence-corrected chi connectivity index (χ0v) is 17.2. The number of ether oxygens (including phenoxy) is 2. The lowest BCUT2D eigenvalue weighted by molar-refractivity contribution is -0.122. The standard InChI is InChI=1S/C23H30N2O3/c1-16-12-21(27-3)22(28-4)13-18(16)14-25(2)15-23(26)24-20-11-7-9-17-8-5-6-10-19(17)20/h5-6,8,10,12-13,20H,7,9,11,14-15H2,1-4H3,(H,24,26)/t20-/m0/s1. The van der Waals surface area contributed by atoms with Gasteiger partial charge in [-0.1, -0.05) is 24.3 Å². The summed E-state index contributed by atoms with van der Waals surface area (Å²) in [5, 5.41) is 3.22. The van der Waals surface area contributed by atoms with Gasteiger partial charge in [0.1, 0.15) is 0 Å². The van der Waals surface area contributed by atoms with E-state index in [4.69, 9.17) is 9.47 Å². The molecule has 0 saturated carbocycles. The molecule has 1 amide bonds. The highest BCUT2D eigenvalue weighted by atomic mass is 16.5. The molecule has 5 nitrogen and oxygen atoms in total. The number of nitrogens with zero attached hydrogens (tertiary/aromatic N) is 1. The van der Waals surface area contributed by atoms with Crippen LogP contribution in [0.2, 0.25) is 0 Å².